The molecule has 6 heteroatoms. The Kier molecular flexibility index (Phi) is 3.47. The number of hydrogen-bond donors (Lipinski definition) is 1. The van der Waals surface area contributed by atoms with E-state index in [1.54, 1.807) is 4.90 Å². The van der Waals surface area contributed by atoms with Gasteiger partial charge in [-0.25, -0.2) is 4.79 Å². The van der Waals surface area contributed by atoms with Gasteiger partial charge in [0.15, 0.2) is 0 Å². The molecule has 0 aromatic heterocycles. The third-order valence-corrected chi connectivity index (χ3v) is 3.73. The molecule has 0 aromatic rings. The molecule has 1 spiro atoms. The molecule has 0 aromatic carbocycles. The van der Waals surface area contributed by atoms with Gasteiger partial charge in [-0.1, -0.05) is 0 Å². The number of carboxylic acid groups (broad SMARTS) is 1. The van der Waals surface area contributed by atoms with Gasteiger partial charge in [0.05, 0.1) is 12.5 Å². The summed E-state index contributed by atoms with van der Waals surface area (Å²) < 4.78 is 10.5. The largest absolute Gasteiger partial charge is 0.481 e. The lowest BCUT2D eigenvalue weighted by Crippen LogP contribution is -2.65. The van der Waals surface area contributed by atoms with Crippen molar-refractivity contribution in [1.82, 2.24) is 4.90 Å². The molecule has 6 nitrogen and oxygen atoms in total. The van der Waals surface area contributed by atoms with Crippen LogP contribution < -0.4 is 0 Å². The van der Waals surface area contributed by atoms with Crippen LogP contribution in [0, 0.1) is 11.3 Å². The second-order valence-corrected chi connectivity index (χ2v) is 6.41. The van der Waals surface area contributed by atoms with E-state index in [9.17, 15) is 14.7 Å². The highest BCUT2D eigenvalue weighted by Crippen LogP contribution is 2.44. The van der Waals surface area contributed by atoms with Crippen molar-refractivity contribution in [2.45, 2.75) is 32.8 Å². The number of carbonyl (C=O) groups is 2. The van der Waals surface area contributed by atoms with Gasteiger partial charge in [-0.15, -0.1) is 0 Å². The van der Waals surface area contributed by atoms with Crippen molar-refractivity contribution in [3.63, 3.8) is 0 Å². The monoisotopic (exact) mass is 271 g/mol. The van der Waals surface area contributed by atoms with E-state index in [4.69, 9.17) is 9.47 Å². The predicted octanol–water partition coefficient (Wildman–Crippen LogP) is 1.34. The number of hydrogen-bond acceptors (Lipinski definition) is 4. The molecule has 2 heterocycles. The van der Waals surface area contributed by atoms with Crippen molar-refractivity contribution < 1.29 is 24.2 Å². The standard InChI is InChI=1S/C13H21NO5/c1-12(2,3)19-11(17)14-7-13(8-14)4-5-18-6-9(13)10(15)16/h9H,4-8H2,1-3H3,(H,15,16)/t9-/m1/s1. The van der Waals surface area contributed by atoms with Crippen molar-refractivity contribution in [2.24, 2.45) is 11.3 Å². The summed E-state index contributed by atoms with van der Waals surface area (Å²) in [6.07, 6.45) is 0.317. The molecule has 1 amide bonds. The summed E-state index contributed by atoms with van der Waals surface area (Å²) in [5, 5.41) is 9.24. The minimum absolute atomic E-state index is 0.234. The van der Waals surface area contributed by atoms with Crippen LogP contribution in [0.4, 0.5) is 4.79 Å². The molecule has 2 fully saturated rings. The summed E-state index contributed by atoms with van der Waals surface area (Å²) in [5.41, 5.74) is -0.858. The zero-order chi connectivity index (χ0) is 14.3. The molecule has 2 aliphatic rings. The van der Waals surface area contributed by atoms with Crippen LogP contribution in [0.5, 0.6) is 0 Å². The summed E-state index contributed by atoms with van der Waals surface area (Å²) in [6.45, 7) is 7.13. The van der Waals surface area contributed by atoms with Gasteiger partial charge in [-0.3, -0.25) is 4.79 Å². The fourth-order valence-electron chi connectivity index (χ4n) is 2.71. The van der Waals surface area contributed by atoms with E-state index in [0.717, 1.165) is 0 Å². The number of carbonyl (C=O) groups excluding carboxylic acids is 1. The summed E-state index contributed by atoms with van der Waals surface area (Å²) >= 11 is 0. The third kappa shape index (κ3) is 2.83. The number of ether oxygens (including phenoxy) is 2. The molecule has 0 saturated carbocycles. The third-order valence-electron chi connectivity index (χ3n) is 3.73. The van der Waals surface area contributed by atoms with Crippen molar-refractivity contribution in [1.29, 1.82) is 0 Å². The van der Waals surface area contributed by atoms with Crippen LogP contribution in [0.2, 0.25) is 0 Å². The molecule has 0 aliphatic carbocycles. The Labute approximate surface area is 112 Å². The molecule has 0 radical (unpaired) electrons. The molecule has 1 atom stereocenters. The first kappa shape index (κ1) is 14.1. The van der Waals surface area contributed by atoms with Crippen LogP contribution in [0.1, 0.15) is 27.2 Å². The maximum Gasteiger partial charge on any atom is 0.410 e. The van der Waals surface area contributed by atoms with Gasteiger partial charge < -0.3 is 19.5 Å². The Morgan fingerprint density at radius 3 is 2.53 bits per heavy atom. The van der Waals surface area contributed by atoms with E-state index < -0.39 is 17.5 Å². The molecule has 0 bridgehead atoms. The van der Waals surface area contributed by atoms with Gasteiger partial charge in [0.25, 0.3) is 0 Å². The lowest BCUT2D eigenvalue weighted by Gasteiger charge is -2.54. The molecule has 2 aliphatic heterocycles. The SMILES string of the molecule is CC(C)(C)OC(=O)N1CC2(CCOC[C@@H]2C(=O)O)C1. The summed E-state index contributed by atoms with van der Waals surface area (Å²) in [4.78, 5) is 24.7. The number of rotatable bonds is 1. The van der Waals surface area contributed by atoms with Gasteiger partial charge in [0, 0.05) is 25.1 Å². The van der Waals surface area contributed by atoms with Crippen molar-refractivity contribution in [3.05, 3.63) is 0 Å². The Morgan fingerprint density at radius 2 is 2.00 bits per heavy atom. The number of nitrogens with zero attached hydrogens (tertiary/aromatic N) is 1. The highest BCUT2D eigenvalue weighted by molar-refractivity contribution is 5.74. The van der Waals surface area contributed by atoms with Crippen LogP contribution in [0.25, 0.3) is 0 Å². The van der Waals surface area contributed by atoms with E-state index in [1.165, 1.54) is 0 Å². The predicted molar refractivity (Wildman–Crippen MR) is 66.8 cm³/mol. The Hall–Kier alpha value is -1.30. The minimum atomic E-state index is -0.844. The van der Waals surface area contributed by atoms with Crippen LogP contribution in [-0.2, 0) is 14.3 Å². The molecule has 2 saturated heterocycles. The summed E-state index contributed by atoms with van der Waals surface area (Å²) in [7, 11) is 0. The molecular formula is C13H21NO5. The lowest BCUT2D eigenvalue weighted by atomic mass is 9.66. The first-order valence-corrected chi connectivity index (χ1v) is 6.52. The molecule has 108 valence electrons. The van der Waals surface area contributed by atoms with Crippen LogP contribution >= 0.6 is 0 Å². The number of amides is 1. The Morgan fingerprint density at radius 1 is 1.37 bits per heavy atom. The van der Waals surface area contributed by atoms with Gasteiger partial charge >= 0.3 is 12.1 Å². The zero-order valence-corrected chi connectivity index (χ0v) is 11.6. The highest BCUT2D eigenvalue weighted by Gasteiger charge is 2.55. The van der Waals surface area contributed by atoms with E-state index in [2.05, 4.69) is 0 Å². The molecule has 0 unspecified atom stereocenters. The van der Waals surface area contributed by atoms with E-state index in [0.29, 0.717) is 26.1 Å². The van der Waals surface area contributed by atoms with Crippen LogP contribution in [0.3, 0.4) is 0 Å². The molecule has 1 N–H and O–H groups in total. The topological polar surface area (TPSA) is 76.1 Å². The fourth-order valence-corrected chi connectivity index (χ4v) is 2.71. The average Bonchev–Trinajstić information content (AvgIpc) is 2.23. The van der Waals surface area contributed by atoms with Gasteiger partial charge in [0.2, 0.25) is 0 Å². The normalized spacial score (nSPS) is 25.8. The first-order valence-electron chi connectivity index (χ1n) is 6.52. The number of carboxylic acids is 1. The second-order valence-electron chi connectivity index (χ2n) is 6.41. The lowest BCUT2D eigenvalue weighted by molar-refractivity contribution is -0.170. The van der Waals surface area contributed by atoms with E-state index in [-0.39, 0.29) is 18.1 Å². The van der Waals surface area contributed by atoms with Gasteiger partial charge in [-0.2, -0.15) is 0 Å². The Bertz CT molecular complexity index is 381. The number of aliphatic carboxylic acids is 1. The fraction of sp³-hybridized carbons (Fsp3) is 0.846. The average molecular weight is 271 g/mol. The summed E-state index contributed by atoms with van der Waals surface area (Å²) in [6, 6.07) is 0. The smallest absolute Gasteiger partial charge is 0.410 e. The van der Waals surface area contributed by atoms with Crippen molar-refractivity contribution >= 4 is 12.1 Å². The van der Waals surface area contributed by atoms with Crippen LogP contribution in [-0.4, -0.2) is 54.0 Å². The molecule has 2 rings (SSSR count). The maximum absolute atomic E-state index is 11.9. The Balaban J connectivity index is 1.96. The first-order chi connectivity index (χ1) is 8.73. The quantitative estimate of drug-likeness (QED) is 0.779. The number of likely N-dealkylation sites (tertiary alicyclic amines) is 1. The molecular weight excluding hydrogens is 250 g/mol. The van der Waals surface area contributed by atoms with E-state index >= 15 is 0 Å². The van der Waals surface area contributed by atoms with E-state index in [1.807, 2.05) is 20.8 Å². The van der Waals surface area contributed by atoms with Crippen molar-refractivity contribution in [3.8, 4) is 0 Å². The van der Waals surface area contributed by atoms with Crippen LogP contribution in [0.15, 0.2) is 0 Å². The minimum Gasteiger partial charge on any atom is -0.481 e. The van der Waals surface area contributed by atoms with Gasteiger partial charge in [0.1, 0.15) is 5.60 Å². The van der Waals surface area contributed by atoms with Crippen molar-refractivity contribution in [2.75, 3.05) is 26.3 Å². The molecule has 19 heavy (non-hydrogen) atoms. The maximum atomic E-state index is 11.9. The highest BCUT2D eigenvalue weighted by atomic mass is 16.6. The second kappa shape index (κ2) is 4.67. The van der Waals surface area contributed by atoms with Gasteiger partial charge in [-0.05, 0) is 27.2 Å². The summed E-state index contributed by atoms with van der Waals surface area (Å²) in [5.74, 6) is -1.37. The zero-order valence-electron chi connectivity index (χ0n) is 11.6.